The molecule has 2 aliphatic heterocycles. The number of carbonyl (C=O) groups excluding carboxylic acids is 5. The quantitative estimate of drug-likeness (QED) is 0.279. The van der Waals surface area contributed by atoms with E-state index in [0.717, 1.165) is 58.2 Å². The normalized spacial score (nSPS) is 27.0. The Bertz CT molecular complexity index is 1500. The van der Waals surface area contributed by atoms with E-state index in [1.807, 2.05) is 31.1 Å². The number of amides is 4. The number of nitrogens with zero attached hydrogens (tertiary/aromatic N) is 4. The summed E-state index contributed by atoms with van der Waals surface area (Å²) in [6.45, 7) is 17.3. The smallest absolute Gasteiger partial charge is 0.287 e. The predicted octanol–water partition coefficient (Wildman–Crippen LogP) is 3.20. The molecular formula is C37H57N7O5S. The van der Waals surface area contributed by atoms with Gasteiger partial charge in [0.25, 0.3) is 5.91 Å². The van der Waals surface area contributed by atoms with Crippen molar-refractivity contribution in [3.05, 3.63) is 10.4 Å². The highest BCUT2D eigenvalue weighted by atomic mass is 32.1. The fourth-order valence-electron chi connectivity index (χ4n) is 9.77. The second-order valence-electron chi connectivity index (χ2n) is 17.2. The molecule has 3 aliphatic carbocycles. The molecule has 50 heavy (non-hydrogen) atoms. The lowest BCUT2D eigenvalue weighted by Crippen LogP contribution is -2.57. The molecule has 0 bridgehead atoms. The highest BCUT2D eigenvalue weighted by molar-refractivity contribution is 7.10. The molecule has 13 heteroatoms. The molecule has 0 radical (unpaired) electrons. The third-order valence-electron chi connectivity index (χ3n) is 13.5. The van der Waals surface area contributed by atoms with Crippen LogP contribution < -0.4 is 16.4 Å². The summed E-state index contributed by atoms with van der Waals surface area (Å²) in [6, 6.07) is -2.49. The Morgan fingerprint density at radius 3 is 2.24 bits per heavy atom. The van der Waals surface area contributed by atoms with Crippen molar-refractivity contribution in [2.75, 3.05) is 44.6 Å². The van der Waals surface area contributed by atoms with Crippen LogP contribution in [0.25, 0.3) is 0 Å². The van der Waals surface area contributed by atoms with Crippen LogP contribution >= 0.6 is 11.3 Å². The zero-order valence-corrected chi connectivity index (χ0v) is 31.6. The Hall–Kier alpha value is -3.06. The Morgan fingerprint density at radius 2 is 1.72 bits per heavy atom. The molecule has 12 nitrogen and oxygen atoms in total. The van der Waals surface area contributed by atoms with E-state index in [1.54, 1.807) is 4.90 Å². The van der Waals surface area contributed by atoms with E-state index in [1.165, 1.54) is 11.3 Å². The van der Waals surface area contributed by atoms with Crippen LogP contribution in [0, 0.1) is 27.6 Å². The fourth-order valence-corrected chi connectivity index (χ4v) is 10.5. The molecule has 276 valence electrons. The minimum Gasteiger partial charge on any atom is -0.363 e. The first-order valence-corrected chi connectivity index (χ1v) is 19.6. The second-order valence-corrected chi connectivity index (χ2v) is 18.2. The standard InChI is InChI=1S/C37H57N7O5S/c1-7-42-14-16-43(17-15-42)28(45)19-27-40-26(21-50-27)41-30(34(2,3)4)33(49)44-22-37(35(5,6)36(37)12-9-13-36)20-25(44)32(48)39-24(29(46)31(38)47)18-23-10-8-11-23/h21,23-25,30,41H,7-20,22H2,1-6H3,(H2,38,47)(H,39,48)/t24?,25-,30+,37+/m0/s1. The summed E-state index contributed by atoms with van der Waals surface area (Å²) in [4.78, 5) is 77.8. The van der Waals surface area contributed by atoms with Gasteiger partial charge in [0.2, 0.25) is 23.5 Å². The van der Waals surface area contributed by atoms with Crippen molar-refractivity contribution >= 4 is 46.6 Å². The summed E-state index contributed by atoms with van der Waals surface area (Å²) in [7, 11) is 0. The minimum atomic E-state index is -1.05. The average Bonchev–Trinajstić information content (AvgIpc) is 3.42. The predicted molar refractivity (Wildman–Crippen MR) is 192 cm³/mol. The molecule has 0 aromatic carbocycles. The summed E-state index contributed by atoms with van der Waals surface area (Å²) in [5.74, 6) is -1.57. The molecule has 4 atom stereocenters. The molecule has 1 aromatic rings. The molecule has 2 spiro atoms. The number of carbonyl (C=O) groups is 5. The minimum absolute atomic E-state index is 0.0373. The van der Waals surface area contributed by atoms with E-state index < -0.39 is 41.1 Å². The number of aromatic nitrogens is 1. The summed E-state index contributed by atoms with van der Waals surface area (Å²) >= 11 is 1.40. The molecule has 3 heterocycles. The van der Waals surface area contributed by atoms with Gasteiger partial charge in [-0.2, -0.15) is 0 Å². The SMILES string of the molecule is CCN1CCN(C(=O)Cc2nc(N[C@H](C(=O)N3C[C@]4(C[C@H]3C(=O)NC(CC3CCC3)C(=O)C(N)=O)C(C)(C)C43CCC3)C(C)(C)C)cs2)CC1. The number of hydrogen-bond acceptors (Lipinski definition) is 9. The van der Waals surface area contributed by atoms with Crippen LogP contribution in [-0.2, 0) is 30.4 Å². The lowest BCUT2D eigenvalue weighted by Gasteiger charge is -2.36. The molecule has 2 saturated heterocycles. The van der Waals surface area contributed by atoms with Gasteiger partial charge in [-0.05, 0) is 54.4 Å². The number of thiazole rings is 1. The van der Waals surface area contributed by atoms with E-state index in [4.69, 9.17) is 10.7 Å². The summed E-state index contributed by atoms with van der Waals surface area (Å²) in [5.41, 5.74) is 4.73. The van der Waals surface area contributed by atoms with Gasteiger partial charge in [0.15, 0.2) is 0 Å². The molecule has 1 unspecified atom stereocenters. The van der Waals surface area contributed by atoms with Crippen LogP contribution in [0.1, 0.15) is 97.9 Å². The second kappa shape index (κ2) is 13.5. The van der Waals surface area contributed by atoms with E-state index in [9.17, 15) is 24.0 Å². The van der Waals surface area contributed by atoms with Crippen molar-refractivity contribution in [2.24, 2.45) is 33.3 Å². The van der Waals surface area contributed by atoms with Gasteiger partial charge < -0.3 is 31.1 Å². The van der Waals surface area contributed by atoms with E-state index in [-0.39, 0.29) is 40.4 Å². The Balaban J connectivity index is 1.21. The van der Waals surface area contributed by atoms with Gasteiger partial charge in [-0.25, -0.2) is 4.98 Å². The number of ketones is 1. The van der Waals surface area contributed by atoms with Crippen LogP contribution in [0.4, 0.5) is 5.82 Å². The molecule has 3 saturated carbocycles. The number of Topliss-reactive ketones (excluding diaryl/α,β-unsaturated/α-hetero) is 1. The number of likely N-dealkylation sites (N-methyl/N-ethyl adjacent to an activating group) is 1. The third kappa shape index (κ3) is 6.34. The van der Waals surface area contributed by atoms with Crippen LogP contribution in [0.15, 0.2) is 5.38 Å². The Morgan fingerprint density at radius 1 is 1.04 bits per heavy atom. The van der Waals surface area contributed by atoms with Gasteiger partial charge in [0.05, 0.1) is 12.5 Å². The summed E-state index contributed by atoms with van der Waals surface area (Å²) < 4.78 is 0. The number of anilines is 1. The number of nitrogens with one attached hydrogen (secondary N) is 2. The van der Waals surface area contributed by atoms with Gasteiger partial charge in [-0.15, -0.1) is 11.3 Å². The van der Waals surface area contributed by atoms with Crippen LogP contribution in [-0.4, -0.2) is 106 Å². The zero-order chi connectivity index (χ0) is 36.2. The van der Waals surface area contributed by atoms with Gasteiger partial charge in [0, 0.05) is 43.5 Å². The number of fused-ring (bicyclic) bond motifs is 1. The topological polar surface area (TPSA) is 158 Å². The van der Waals surface area contributed by atoms with Gasteiger partial charge >= 0.3 is 0 Å². The first-order chi connectivity index (χ1) is 23.5. The molecule has 5 aliphatic rings. The highest BCUT2D eigenvalue weighted by Crippen LogP contribution is 2.88. The first-order valence-electron chi connectivity index (χ1n) is 18.7. The lowest BCUT2D eigenvalue weighted by molar-refractivity contribution is -0.142. The first kappa shape index (κ1) is 36.7. The van der Waals surface area contributed by atoms with Crippen molar-refractivity contribution in [2.45, 2.75) is 117 Å². The molecule has 6 rings (SSSR count). The van der Waals surface area contributed by atoms with Gasteiger partial charge in [0.1, 0.15) is 22.9 Å². The van der Waals surface area contributed by atoms with Crippen LogP contribution in [0.3, 0.4) is 0 Å². The van der Waals surface area contributed by atoms with E-state index in [0.29, 0.717) is 43.3 Å². The van der Waals surface area contributed by atoms with Gasteiger partial charge in [-0.3, -0.25) is 24.0 Å². The highest BCUT2D eigenvalue weighted by Gasteiger charge is 2.85. The zero-order valence-electron chi connectivity index (χ0n) is 30.8. The van der Waals surface area contributed by atoms with E-state index in [2.05, 4.69) is 36.3 Å². The van der Waals surface area contributed by atoms with Crippen molar-refractivity contribution in [1.29, 1.82) is 0 Å². The van der Waals surface area contributed by atoms with Crippen molar-refractivity contribution in [3.63, 3.8) is 0 Å². The number of nitrogens with two attached hydrogens (primary N) is 1. The number of primary amides is 1. The number of piperazine rings is 1. The largest absolute Gasteiger partial charge is 0.363 e. The summed E-state index contributed by atoms with van der Waals surface area (Å²) in [5, 5.41) is 8.86. The number of hydrogen-bond donors (Lipinski definition) is 3. The van der Waals surface area contributed by atoms with Crippen molar-refractivity contribution < 1.29 is 24.0 Å². The molecular weight excluding hydrogens is 655 g/mol. The maximum Gasteiger partial charge on any atom is 0.287 e. The van der Waals surface area contributed by atoms with Crippen LogP contribution in [0.2, 0.25) is 0 Å². The molecule has 4 N–H and O–H groups in total. The fraction of sp³-hybridized carbons (Fsp3) is 0.784. The van der Waals surface area contributed by atoms with Crippen molar-refractivity contribution in [1.82, 2.24) is 25.0 Å². The molecule has 1 aromatic heterocycles. The molecule has 4 amide bonds. The summed E-state index contributed by atoms with van der Waals surface area (Å²) in [6.07, 6.45) is 7.38. The Kier molecular flexibility index (Phi) is 9.91. The Labute approximate surface area is 300 Å². The number of rotatable bonds is 12. The van der Waals surface area contributed by atoms with E-state index >= 15 is 0 Å². The van der Waals surface area contributed by atoms with Crippen LogP contribution in [0.5, 0.6) is 0 Å². The number of likely N-dealkylation sites (tertiary alicyclic amines) is 1. The third-order valence-corrected chi connectivity index (χ3v) is 14.3. The van der Waals surface area contributed by atoms with Crippen molar-refractivity contribution in [3.8, 4) is 0 Å². The lowest BCUT2D eigenvalue weighted by atomic mass is 9.73. The molecule has 5 fully saturated rings. The average molecular weight is 712 g/mol. The maximum absolute atomic E-state index is 14.8. The maximum atomic E-state index is 14.8. The monoisotopic (exact) mass is 711 g/mol. The van der Waals surface area contributed by atoms with Gasteiger partial charge in [-0.1, -0.05) is 67.2 Å².